The average molecular weight is 344 g/mol. The van der Waals surface area contributed by atoms with Crippen molar-refractivity contribution in [2.75, 3.05) is 16.8 Å². The van der Waals surface area contributed by atoms with Gasteiger partial charge < -0.3 is 10.1 Å². The summed E-state index contributed by atoms with van der Waals surface area (Å²) < 4.78 is 18.5. The maximum absolute atomic E-state index is 13.1. The first-order valence-corrected chi connectivity index (χ1v) is 8.18. The number of hydrogen-bond donors (Lipinski definition) is 1. The highest BCUT2D eigenvalue weighted by Crippen LogP contribution is 2.21. The molecule has 6 heteroatoms. The first kappa shape index (κ1) is 18.4. The van der Waals surface area contributed by atoms with Crippen molar-refractivity contribution < 1.29 is 18.7 Å². The first-order valence-electron chi connectivity index (χ1n) is 8.18. The minimum Gasteiger partial charge on any atom is -0.410 e. The molecule has 1 N–H and O–H groups in total. The maximum Gasteiger partial charge on any atom is 0.419 e. The maximum atomic E-state index is 13.1. The van der Waals surface area contributed by atoms with Crippen LogP contribution in [0.2, 0.25) is 0 Å². The third kappa shape index (κ3) is 5.31. The Kier molecular flexibility index (Phi) is 6.51. The molecule has 2 rings (SSSR count). The van der Waals surface area contributed by atoms with Gasteiger partial charge in [0.05, 0.1) is 0 Å². The van der Waals surface area contributed by atoms with E-state index in [1.165, 1.54) is 29.2 Å². The van der Waals surface area contributed by atoms with Crippen LogP contribution in [-0.2, 0) is 4.79 Å². The lowest BCUT2D eigenvalue weighted by Gasteiger charge is -2.21. The molecular weight excluding hydrogens is 323 g/mol. The Morgan fingerprint density at radius 1 is 1.12 bits per heavy atom. The van der Waals surface area contributed by atoms with Gasteiger partial charge in [-0.2, -0.15) is 0 Å². The van der Waals surface area contributed by atoms with E-state index in [0.717, 1.165) is 6.42 Å². The number of nitrogens with one attached hydrogen (secondary N) is 1. The van der Waals surface area contributed by atoms with Crippen molar-refractivity contribution in [1.82, 2.24) is 0 Å². The van der Waals surface area contributed by atoms with Gasteiger partial charge in [0, 0.05) is 30.4 Å². The lowest BCUT2D eigenvalue weighted by Crippen LogP contribution is -2.34. The summed E-state index contributed by atoms with van der Waals surface area (Å²) in [7, 11) is 0. The lowest BCUT2D eigenvalue weighted by molar-refractivity contribution is -0.115. The SMILES string of the molecule is CCCN(C(=O)Oc1cccc(NC(=O)CC)c1)c1ccc(F)cc1. The molecule has 132 valence electrons. The average Bonchev–Trinajstić information content (AvgIpc) is 2.60. The molecule has 0 heterocycles. The summed E-state index contributed by atoms with van der Waals surface area (Å²) >= 11 is 0. The van der Waals surface area contributed by atoms with Crippen LogP contribution in [0.3, 0.4) is 0 Å². The largest absolute Gasteiger partial charge is 0.419 e. The smallest absolute Gasteiger partial charge is 0.410 e. The number of rotatable bonds is 6. The predicted molar refractivity (Wildman–Crippen MR) is 95.4 cm³/mol. The van der Waals surface area contributed by atoms with Gasteiger partial charge in [-0.15, -0.1) is 0 Å². The van der Waals surface area contributed by atoms with Crippen molar-refractivity contribution in [3.8, 4) is 5.75 Å². The van der Waals surface area contributed by atoms with Crippen LogP contribution in [-0.4, -0.2) is 18.5 Å². The number of nitrogens with zero attached hydrogens (tertiary/aromatic N) is 1. The fourth-order valence-electron chi connectivity index (χ4n) is 2.21. The Balaban J connectivity index is 2.14. The number of hydrogen-bond acceptors (Lipinski definition) is 3. The highest BCUT2D eigenvalue weighted by atomic mass is 19.1. The Morgan fingerprint density at radius 3 is 2.48 bits per heavy atom. The summed E-state index contributed by atoms with van der Waals surface area (Å²) in [5.74, 6) is -0.169. The predicted octanol–water partition coefficient (Wildman–Crippen LogP) is 4.59. The monoisotopic (exact) mass is 344 g/mol. The minimum absolute atomic E-state index is 0.123. The zero-order valence-corrected chi connectivity index (χ0v) is 14.3. The summed E-state index contributed by atoms with van der Waals surface area (Å²) in [5.41, 5.74) is 1.12. The van der Waals surface area contributed by atoms with Crippen LogP contribution in [0.25, 0.3) is 0 Å². The van der Waals surface area contributed by atoms with E-state index >= 15 is 0 Å². The van der Waals surface area contributed by atoms with Crippen molar-refractivity contribution >= 4 is 23.4 Å². The molecule has 0 saturated heterocycles. The van der Waals surface area contributed by atoms with Crippen molar-refractivity contribution in [3.05, 3.63) is 54.3 Å². The summed E-state index contributed by atoms with van der Waals surface area (Å²) in [6.07, 6.45) is 0.519. The fourth-order valence-corrected chi connectivity index (χ4v) is 2.21. The van der Waals surface area contributed by atoms with Gasteiger partial charge in [0.1, 0.15) is 11.6 Å². The quantitative estimate of drug-likeness (QED) is 0.834. The van der Waals surface area contributed by atoms with Gasteiger partial charge in [0.2, 0.25) is 5.91 Å². The van der Waals surface area contributed by atoms with Crippen LogP contribution in [0, 0.1) is 5.82 Å². The van der Waals surface area contributed by atoms with Gasteiger partial charge >= 0.3 is 6.09 Å². The van der Waals surface area contributed by atoms with Crippen LogP contribution in [0.5, 0.6) is 5.75 Å². The van der Waals surface area contributed by atoms with E-state index in [0.29, 0.717) is 30.1 Å². The highest BCUT2D eigenvalue weighted by molar-refractivity contribution is 5.91. The molecule has 2 aromatic carbocycles. The molecule has 5 nitrogen and oxygen atoms in total. The third-order valence-corrected chi connectivity index (χ3v) is 3.45. The van der Waals surface area contributed by atoms with E-state index in [-0.39, 0.29) is 11.7 Å². The molecule has 0 fully saturated rings. The van der Waals surface area contributed by atoms with E-state index in [4.69, 9.17) is 4.74 Å². The second-order valence-corrected chi connectivity index (χ2v) is 5.43. The Bertz CT molecular complexity index is 732. The standard InChI is InChI=1S/C19H21FN2O3/c1-3-12-22(16-10-8-14(20)9-11-16)19(24)25-17-7-5-6-15(13-17)21-18(23)4-2/h5-11,13H,3-4,12H2,1-2H3,(H,21,23). The van der Waals surface area contributed by atoms with Gasteiger partial charge in [-0.3, -0.25) is 9.69 Å². The molecule has 0 aromatic heterocycles. The van der Waals surface area contributed by atoms with E-state index in [1.54, 1.807) is 31.2 Å². The number of amides is 2. The van der Waals surface area contributed by atoms with Crippen molar-refractivity contribution in [2.24, 2.45) is 0 Å². The minimum atomic E-state index is -0.563. The lowest BCUT2D eigenvalue weighted by atomic mass is 10.2. The van der Waals surface area contributed by atoms with Crippen molar-refractivity contribution in [2.45, 2.75) is 26.7 Å². The molecule has 0 aliphatic rings. The number of anilines is 2. The summed E-state index contributed by atoms with van der Waals surface area (Å²) in [6, 6.07) is 12.3. The van der Waals surface area contributed by atoms with Crippen LogP contribution in [0.15, 0.2) is 48.5 Å². The van der Waals surface area contributed by atoms with Crippen LogP contribution < -0.4 is 15.0 Å². The molecule has 2 amide bonds. The zero-order valence-electron chi connectivity index (χ0n) is 14.3. The molecule has 0 atom stereocenters. The summed E-state index contributed by atoms with van der Waals surface area (Å²) in [6.45, 7) is 4.13. The molecule has 0 spiro atoms. The Hall–Kier alpha value is -2.89. The van der Waals surface area contributed by atoms with E-state index in [2.05, 4.69) is 5.32 Å². The number of carbonyl (C=O) groups excluding carboxylic acids is 2. The number of halogens is 1. The van der Waals surface area contributed by atoms with Crippen LogP contribution in [0.4, 0.5) is 20.6 Å². The van der Waals surface area contributed by atoms with E-state index in [1.807, 2.05) is 6.92 Å². The molecule has 25 heavy (non-hydrogen) atoms. The highest BCUT2D eigenvalue weighted by Gasteiger charge is 2.17. The van der Waals surface area contributed by atoms with Crippen LogP contribution >= 0.6 is 0 Å². The van der Waals surface area contributed by atoms with E-state index in [9.17, 15) is 14.0 Å². The van der Waals surface area contributed by atoms with E-state index < -0.39 is 6.09 Å². The molecular formula is C19H21FN2O3. The number of carbonyl (C=O) groups is 2. The molecule has 0 unspecified atom stereocenters. The number of benzene rings is 2. The zero-order chi connectivity index (χ0) is 18.2. The van der Waals surface area contributed by atoms with Gasteiger partial charge in [0.15, 0.2) is 0 Å². The number of ether oxygens (including phenoxy) is 1. The van der Waals surface area contributed by atoms with Crippen molar-refractivity contribution in [1.29, 1.82) is 0 Å². The molecule has 0 aliphatic heterocycles. The van der Waals surface area contributed by atoms with Gasteiger partial charge in [-0.25, -0.2) is 9.18 Å². The normalized spacial score (nSPS) is 10.2. The van der Waals surface area contributed by atoms with Crippen molar-refractivity contribution in [3.63, 3.8) is 0 Å². The summed E-state index contributed by atoms with van der Waals surface area (Å²) in [4.78, 5) is 25.4. The molecule has 0 radical (unpaired) electrons. The second-order valence-electron chi connectivity index (χ2n) is 5.43. The summed E-state index contributed by atoms with van der Waals surface area (Å²) in [5, 5.41) is 2.71. The fraction of sp³-hybridized carbons (Fsp3) is 0.263. The second kappa shape index (κ2) is 8.82. The molecule has 0 saturated carbocycles. The Labute approximate surface area is 146 Å². The van der Waals surface area contributed by atoms with Gasteiger partial charge in [-0.1, -0.05) is 19.9 Å². The Morgan fingerprint density at radius 2 is 1.84 bits per heavy atom. The first-order chi connectivity index (χ1) is 12.0. The molecule has 0 aliphatic carbocycles. The van der Waals surface area contributed by atoms with Gasteiger partial charge in [0.25, 0.3) is 0 Å². The van der Waals surface area contributed by atoms with Gasteiger partial charge in [-0.05, 0) is 42.8 Å². The van der Waals surface area contributed by atoms with Crippen LogP contribution in [0.1, 0.15) is 26.7 Å². The molecule has 2 aromatic rings. The topological polar surface area (TPSA) is 58.6 Å². The molecule has 0 bridgehead atoms. The third-order valence-electron chi connectivity index (χ3n) is 3.45.